The molecule has 0 saturated heterocycles. The van der Waals surface area contributed by atoms with Crippen LogP contribution in [0, 0.1) is 0 Å². The Kier molecular flexibility index (Phi) is 5.95. The van der Waals surface area contributed by atoms with Crippen LogP contribution in [-0.4, -0.2) is 28.9 Å². The lowest BCUT2D eigenvalue weighted by Crippen LogP contribution is -2.26. The Bertz CT molecular complexity index is 1850. The molecule has 0 atom stereocenters. The molecule has 6 heteroatoms. The van der Waals surface area contributed by atoms with Gasteiger partial charge in [0.25, 0.3) is 0 Å². The lowest BCUT2D eigenvalue weighted by molar-refractivity contribution is 0.366. The predicted octanol–water partition coefficient (Wildman–Crippen LogP) is 8.10. The second-order valence-corrected chi connectivity index (χ2v) is 13.6. The Morgan fingerprint density at radius 1 is 0.800 bits per heavy atom. The molecule has 0 aromatic carbocycles. The van der Waals surface area contributed by atoms with Gasteiger partial charge in [-0.05, 0) is 54.7 Å². The lowest BCUT2D eigenvalue weighted by Gasteiger charge is -2.31. The van der Waals surface area contributed by atoms with Gasteiger partial charge >= 0.3 is 0 Å². The van der Waals surface area contributed by atoms with Crippen LogP contribution in [-0.2, 0) is 23.3 Å². The first kappa shape index (κ1) is 26.3. The number of pyridine rings is 2. The monoisotopic (exact) mass is 532 g/mol. The molecular weight excluding hydrogens is 492 g/mol. The van der Waals surface area contributed by atoms with Crippen LogP contribution < -0.4 is 0 Å². The molecule has 0 fully saturated rings. The first-order valence-corrected chi connectivity index (χ1v) is 14.2. The summed E-state index contributed by atoms with van der Waals surface area (Å²) in [5, 5.41) is 1.16. The maximum Gasteiger partial charge on any atom is 0.0926 e. The summed E-state index contributed by atoms with van der Waals surface area (Å²) in [6.45, 7) is 16.0. The predicted molar refractivity (Wildman–Crippen MR) is 165 cm³/mol. The van der Waals surface area contributed by atoms with Crippen molar-refractivity contribution < 1.29 is 0 Å². The first-order valence-electron chi connectivity index (χ1n) is 14.2. The van der Waals surface area contributed by atoms with Gasteiger partial charge in [0.15, 0.2) is 0 Å². The van der Waals surface area contributed by atoms with Gasteiger partial charge in [0.1, 0.15) is 0 Å². The van der Waals surface area contributed by atoms with Crippen molar-refractivity contribution in [1.82, 2.24) is 28.9 Å². The summed E-state index contributed by atoms with van der Waals surface area (Å²) in [7, 11) is 2.10. The number of rotatable bonds is 6. The molecule has 6 rings (SSSR count). The van der Waals surface area contributed by atoms with E-state index in [1.807, 2.05) is 18.6 Å². The molecule has 40 heavy (non-hydrogen) atoms. The quantitative estimate of drug-likeness (QED) is 0.236. The fourth-order valence-electron chi connectivity index (χ4n) is 6.02. The highest BCUT2D eigenvalue weighted by atomic mass is 15.0. The number of aromatic nitrogens is 6. The summed E-state index contributed by atoms with van der Waals surface area (Å²) in [5.41, 5.74) is 9.78. The third kappa shape index (κ3) is 4.40. The van der Waals surface area contributed by atoms with E-state index < -0.39 is 0 Å². The van der Waals surface area contributed by atoms with Gasteiger partial charge in [0, 0.05) is 59.8 Å². The van der Waals surface area contributed by atoms with E-state index in [1.54, 1.807) is 0 Å². The van der Waals surface area contributed by atoms with Crippen molar-refractivity contribution in [3.8, 4) is 11.4 Å². The van der Waals surface area contributed by atoms with E-state index >= 15 is 0 Å². The standard InChI is InChI=1S/C34H40N6/c1-32(2,3)23-21-39(8)26-12-11-24(37-29(23)26)25-20-22-13-16-35-31(28(22)38-25)34(6,7)15-14-33(4,5)30-27-10-9-18-40(27)19-17-36-30/h9-13,16-21,38H,14-15H2,1-8H3. The highest BCUT2D eigenvalue weighted by molar-refractivity contribution is 5.89. The molecule has 0 saturated carbocycles. The highest BCUT2D eigenvalue weighted by Gasteiger charge is 2.32. The van der Waals surface area contributed by atoms with Gasteiger partial charge < -0.3 is 14.0 Å². The summed E-state index contributed by atoms with van der Waals surface area (Å²) in [6, 6.07) is 12.9. The van der Waals surface area contributed by atoms with Crippen molar-refractivity contribution in [2.45, 2.75) is 77.6 Å². The van der Waals surface area contributed by atoms with E-state index in [0.717, 1.165) is 57.6 Å². The minimum absolute atomic E-state index is 0.0169. The molecule has 6 aromatic heterocycles. The summed E-state index contributed by atoms with van der Waals surface area (Å²) < 4.78 is 4.33. The molecule has 0 amide bonds. The molecule has 6 heterocycles. The number of hydrogen-bond donors (Lipinski definition) is 1. The number of aromatic amines is 1. The second kappa shape index (κ2) is 9.05. The number of hydrogen-bond acceptors (Lipinski definition) is 3. The minimum Gasteiger partial charge on any atom is -0.352 e. The number of fused-ring (bicyclic) bond motifs is 3. The zero-order chi connectivity index (χ0) is 28.4. The van der Waals surface area contributed by atoms with Crippen molar-refractivity contribution in [3.63, 3.8) is 0 Å². The molecule has 0 bridgehead atoms. The number of nitrogens with zero attached hydrogens (tertiary/aromatic N) is 5. The van der Waals surface area contributed by atoms with Crippen molar-refractivity contribution in [2.24, 2.45) is 7.05 Å². The van der Waals surface area contributed by atoms with Crippen LogP contribution in [0.25, 0.3) is 38.8 Å². The Balaban J connectivity index is 1.34. The molecule has 0 aliphatic heterocycles. The molecule has 206 valence electrons. The van der Waals surface area contributed by atoms with Gasteiger partial charge in [-0.1, -0.05) is 48.5 Å². The second-order valence-electron chi connectivity index (χ2n) is 13.6. The third-order valence-electron chi connectivity index (χ3n) is 8.57. The Morgan fingerprint density at radius 2 is 1.52 bits per heavy atom. The Hall–Kier alpha value is -3.93. The van der Waals surface area contributed by atoms with E-state index in [4.69, 9.17) is 15.0 Å². The van der Waals surface area contributed by atoms with E-state index in [9.17, 15) is 0 Å². The molecule has 6 nitrogen and oxygen atoms in total. The van der Waals surface area contributed by atoms with Crippen molar-refractivity contribution in [1.29, 1.82) is 0 Å². The molecule has 1 N–H and O–H groups in total. The maximum atomic E-state index is 5.16. The van der Waals surface area contributed by atoms with E-state index in [1.165, 1.54) is 11.1 Å². The topological polar surface area (TPSA) is 63.8 Å². The van der Waals surface area contributed by atoms with Crippen LogP contribution in [0.2, 0.25) is 0 Å². The fraction of sp³-hybridized carbons (Fsp3) is 0.382. The number of H-pyrrole nitrogens is 1. The van der Waals surface area contributed by atoms with Crippen LogP contribution in [0.5, 0.6) is 0 Å². The van der Waals surface area contributed by atoms with Gasteiger partial charge in [-0.25, -0.2) is 4.98 Å². The molecular formula is C34H40N6. The lowest BCUT2D eigenvalue weighted by atomic mass is 9.75. The average Bonchev–Trinajstić information content (AvgIpc) is 3.63. The normalized spacial score (nSPS) is 13.2. The van der Waals surface area contributed by atoms with Crippen LogP contribution >= 0.6 is 0 Å². The summed E-state index contributed by atoms with van der Waals surface area (Å²) >= 11 is 0. The van der Waals surface area contributed by atoms with Gasteiger partial charge in [-0.15, -0.1) is 0 Å². The summed E-state index contributed by atoms with van der Waals surface area (Å²) in [4.78, 5) is 18.6. The van der Waals surface area contributed by atoms with Crippen LogP contribution in [0.4, 0.5) is 0 Å². The molecule has 0 aliphatic carbocycles. The highest BCUT2D eigenvalue weighted by Crippen LogP contribution is 2.39. The molecule has 0 aliphatic rings. The largest absolute Gasteiger partial charge is 0.352 e. The molecule has 0 radical (unpaired) electrons. The van der Waals surface area contributed by atoms with Gasteiger partial charge in [-0.3, -0.25) is 9.97 Å². The Labute approximate surface area is 236 Å². The summed E-state index contributed by atoms with van der Waals surface area (Å²) in [6.07, 6.45) is 12.1. The van der Waals surface area contributed by atoms with Crippen molar-refractivity contribution >= 4 is 27.5 Å². The van der Waals surface area contributed by atoms with E-state index in [-0.39, 0.29) is 16.2 Å². The van der Waals surface area contributed by atoms with Gasteiger partial charge in [0.05, 0.1) is 44.8 Å². The third-order valence-corrected chi connectivity index (χ3v) is 8.57. The summed E-state index contributed by atoms with van der Waals surface area (Å²) in [5.74, 6) is 0. The zero-order valence-corrected chi connectivity index (χ0v) is 25.0. The van der Waals surface area contributed by atoms with Crippen molar-refractivity contribution in [3.05, 3.63) is 84.3 Å². The van der Waals surface area contributed by atoms with E-state index in [0.29, 0.717) is 0 Å². The van der Waals surface area contributed by atoms with Crippen molar-refractivity contribution in [2.75, 3.05) is 0 Å². The molecule has 6 aromatic rings. The molecule has 0 unspecified atom stereocenters. The number of nitrogens with one attached hydrogen (secondary N) is 1. The average molecular weight is 533 g/mol. The van der Waals surface area contributed by atoms with Gasteiger partial charge in [-0.2, -0.15) is 0 Å². The van der Waals surface area contributed by atoms with E-state index in [2.05, 4.69) is 118 Å². The first-order chi connectivity index (χ1) is 18.8. The van der Waals surface area contributed by atoms with Crippen LogP contribution in [0.3, 0.4) is 0 Å². The smallest absolute Gasteiger partial charge is 0.0926 e. The zero-order valence-electron chi connectivity index (χ0n) is 25.0. The SMILES string of the molecule is Cn1cc(C(C)(C)C)c2nc(-c3cc4ccnc(C(C)(C)CCC(C)(C)c5nccn6cccc56)c4[nH]3)ccc21. The maximum absolute atomic E-state index is 5.16. The Morgan fingerprint density at radius 3 is 2.27 bits per heavy atom. The molecule has 0 spiro atoms. The fourth-order valence-corrected chi connectivity index (χ4v) is 6.02. The minimum atomic E-state index is -0.137. The van der Waals surface area contributed by atoms with Gasteiger partial charge in [0.2, 0.25) is 0 Å². The van der Waals surface area contributed by atoms with Crippen LogP contribution in [0.1, 0.15) is 78.3 Å². The van der Waals surface area contributed by atoms with Crippen LogP contribution in [0.15, 0.2) is 67.4 Å². The number of aryl methyl sites for hydroxylation is 1.